The minimum Gasteiger partial charge on any atom is -0.407 e. The van der Waals surface area contributed by atoms with Gasteiger partial charge in [-0.3, -0.25) is 0 Å². The van der Waals surface area contributed by atoms with Crippen molar-refractivity contribution in [3.05, 3.63) is 77.1 Å². The van der Waals surface area contributed by atoms with E-state index >= 15 is 0 Å². The maximum atomic E-state index is 9.05. The summed E-state index contributed by atoms with van der Waals surface area (Å²) < 4.78 is 1.67. The molecule has 0 aliphatic heterocycles. The van der Waals surface area contributed by atoms with Crippen molar-refractivity contribution in [1.82, 2.24) is 9.71 Å². The Hall–Kier alpha value is -3.06. The quantitative estimate of drug-likeness (QED) is 0.739. The Labute approximate surface area is 135 Å². The molecule has 1 aromatic heterocycles. The molecule has 0 saturated carbocycles. The number of aryl methyl sites for hydroxylation is 2. The smallest absolute Gasteiger partial charge is 0.175 e. The lowest BCUT2D eigenvalue weighted by atomic mass is 10.1. The molecular formula is C19H17N3O. The Morgan fingerprint density at radius 1 is 1.13 bits per heavy atom. The molecule has 3 aromatic rings. The van der Waals surface area contributed by atoms with Crippen molar-refractivity contribution in [2.45, 2.75) is 20.5 Å². The van der Waals surface area contributed by atoms with Gasteiger partial charge in [-0.1, -0.05) is 42.0 Å². The average Bonchev–Trinajstić information content (AvgIpc) is 2.95. The zero-order valence-electron chi connectivity index (χ0n) is 13.2. The molecule has 1 heterocycles. The van der Waals surface area contributed by atoms with Crippen molar-refractivity contribution in [2.75, 3.05) is 0 Å². The van der Waals surface area contributed by atoms with Gasteiger partial charge in [0.05, 0.1) is 23.5 Å². The standard InChI is InChI=1S/C19H17N3O/c1-14-6-8-16(9-7-14)13-23-22-12-15(2)21-19(22)18-5-3-4-17(10-18)11-20/h3-10,12H,13H2,1-2H3. The molecule has 2 aromatic carbocycles. The fourth-order valence-corrected chi connectivity index (χ4v) is 2.32. The minimum atomic E-state index is 0.459. The highest BCUT2D eigenvalue weighted by Crippen LogP contribution is 2.19. The van der Waals surface area contributed by atoms with Crippen LogP contribution >= 0.6 is 0 Å². The molecule has 0 bridgehead atoms. The van der Waals surface area contributed by atoms with Crippen molar-refractivity contribution in [3.63, 3.8) is 0 Å². The molecule has 0 aliphatic carbocycles. The van der Waals surface area contributed by atoms with E-state index < -0.39 is 0 Å². The Bertz CT molecular complexity index is 857. The molecule has 4 nitrogen and oxygen atoms in total. The lowest BCUT2D eigenvalue weighted by Gasteiger charge is -2.10. The molecule has 114 valence electrons. The number of benzene rings is 2. The van der Waals surface area contributed by atoms with Gasteiger partial charge < -0.3 is 4.84 Å². The van der Waals surface area contributed by atoms with Crippen LogP contribution in [0.15, 0.2) is 54.7 Å². The fraction of sp³-hybridized carbons (Fsp3) is 0.158. The van der Waals surface area contributed by atoms with Gasteiger partial charge in [0.15, 0.2) is 5.82 Å². The number of nitriles is 1. The van der Waals surface area contributed by atoms with Crippen molar-refractivity contribution in [2.24, 2.45) is 0 Å². The van der Waals surface area contributed by atoms with E-state index in [4.69, 9.17) is 10.1 Å². The van der Waals surface area contributed by atoms with Gasteiger partial charge in [-0.25, -0.2) is 4.98 Å². The Kier molecular flexibility index (Phi) is 4.11. The van der Waals surface area contributed by atoms with Crippen LogP contribution in [0.1, 0.15) is 22.4 Å². The third-order valence-electron chi connectivity index (χ3n) is 3.54. The molecule has 0 amide bonds. The number of hydrogen-bond acceptors (Lipinski definition) is 3. The van der Waals surface area contributed by atoms with Gasteiger partial charge in [0.1, 0.15) is 6.61 Å². The number of imidazole rings is 1. The van der Waals surface area contributed by atoms with E-state index in [0.717, 1.165) is 16.8 Å². The van der Waals surface area contributed by atoms with Gasteiger partial charge in [0.2, 0.25) is 0 Å². The topological polar surface area (TPSA) is 50.8 Å². The summed E-state index contributed by atoms with van der Waals surface area (Å²) in [4.78, 5) is 10.4. The SMILES string of the molecule is Cc1ccc(COn2cc(C)nc2-c2cccc(C#N)c2)cc1. The lowest BCUT2D eigenvalue weighted by Crippen LogP contribution is -2.11. The van der Waals surface area contributed by atoms with E-state index in [1.54, 1.807) is 10.8 Å². The Morgan fingerprint density at radius 3 is 2.65 bits per heavy atom. The van der Waals surface area contributed by atoms with Crippen LogP contribution < -0.4 is 4.84 Å². The molecule has 0 aliphatic rings. The predicted molar refractivity (Wildman–Crippen MR) is 88.6 cm³/mol. The van der Waals surface area contributed by atoms with E-state index in [9.17, 15) is 0 Å². The first-order chi connectivity index (χ1) is 11.2. The zero-order chi connectivity index (χ0) is 16.2. The second-order valence-corrected chi connectivity index (χ2v) is 5.48. The summed E-state index contributed by atoms with van der Waals surface area (Å²) >= 11 is 0. The zero-order valence-corrected chi connectivity index (χ0v) is 13.2. The van der Waals surface area contributed by atoms with Crippen LogP contribution in [0.25, 0.3) is 11.4 Å². The fourth-order valence-electron chi connectivity index (χ4n) is 2.32. The first kappa shape index (κ1) is 14.9. The molecule has 0 fully saturated rings. The average molecular weight is 303 g/mol. The van der Waals surface area contributed by atoms with E-state index in [1.165, 1.54) is 5.56 Å². The third kappa shape index (κ3) is 3.41. The first-order valence-electron chi connectivity index (χ1n) is 7.41. The van der Waals surface area contributed by atoms with E-state index in [1.807, 2.05) is 31.3 Å². The van der Waals surface area contributed by atoms with Crippen molar-refractivity contribution < 1.29 is 4.84 Å². The summed E-state index contributed by atoms with van der Waals surface area (Å²) in [6, 6.07) is 17.7. The number of hydrogen-bond donors (Lipinski definition) is 0. The van der Waals surface area contributed by atoms with Gasteiger partial charge in [-0.2, -0.15) is 9.99 Å². The molecule has 0 saturated heterocycles. The number of rotatable bonds is 4. The van der Waals surface area contributed by atoms with Crippen LogP contribution in [-0.4, -0.2) is 9.71 Å². The normalized spacial score (nSPS) is 10.3. The third-order valence-corrected chi connectivity index (χ3v) is 3.54. The predicted octanol–water partition coefficient (Wildman–Crippen LogP) is 3.67. The van der Waals surface area contributed by atoms with Crippen LogP contribution in [-0.2, 0) is 6.61 Å². The first-order valence-corrected chi connectivity index (χ1v) is 7.41. The van der Waals surface area contributed by atoms with E-state index in [0.29, 0.717) is 18.0 Å². The summed E-state index contributed by atoms with van der Waals surface area (Å²) in [7, 11) is 0. The highest BCUT2D eigenvalue weighted by atomic mass is 16.7. The van der Waals surface area contributed by atoms with Crippen molar-refractivity contribution in [3.8, 4) is 17.5 Å². The molecule has 3 rings (SSSR count). The molecule has 0 atom stereocenters. The maximum absolute atomic E-state index is 9.05. The monoisotopic (exact) mass is 303 g/mol. The largest absolute Gasteiger partial charge is 0.407 e. The highest BCUT2D eigenvalue weighted by Gasteiger charge is 2.10. The summed E-state index contributed by atoms with van der Waals surface area (Å²) in [6.07, 6.45) is 1.85. The van der Waals surface area contributed by atoms with Crippen LogP contribution in [0.3, 0.4) is 0 Å². The molecule has 0 radical (unpaired) electrons. The second-order valence-electron chi connectivity index (χ2n) is 5.48. The van der Waals surface area contributed by atoms with Crippen LogP contribution in [0.2, 0.25) is 0 Å². The summed E-state index contributed by atoms with van der Waals surface area (Å²) in [5.74, 6) is 0.701. The van der Waals surface area contributed by atoms with Gasteiger partial charge in [0, 0.05) is 5.56 Å². The summed E-state index contributed by atoms with van der Waals surface area (Å²) in [6.45, 7) is 4.44. The molecule has 0 N–H and O–H groups in total. The minimum absolute atomic E-state index is 0.459. The molecule has 23 heavy (non-hydrogen) atoms. The maximum Gasteiger partial charge on any atom is 0.175 e. The molecule has 4 heteroatoms. The van der Waals surface area contributed by atoms with Gasteiger partial charge in [0.25, 0.3) is 0 Å². The Morgan fingerprint density at radius 2 is 1.91 bits per heavy atom. The van der Waals surface area contributed by atoms with Crippen LogP contribution in [0.5, 0.6) is 0 Å². The number of nitrogens with zero attached hydrogens (tertiary/aromatic N) is 3. The molecular weight excluding hydrogens is 286 g/mol. The summed E-state index contributed by atoms with van der Waals surface area (Å²) in [5.41, 5.74) is 4.65. The molecule has 0 spiro atoms. The van der Waals surface area contributed by atoms with Gasteiger partial charge in [-0.05, 0) is 31.5 Å². The lowest BCUT2D eigenvalue weighted by molar-refractivity contribution is 0.101. The Balaban J connectivity index is 1.85. The molecule has 0 unspecified atom stereocenters. The number of aromatic nitrogens is 2. The van der Waals surface area contributed by atoms with Crippen molar-refractivity contribution >= 4 is 0 Å². The summed E-state index contributed by atoms with van der Waals surface area (Å²) in [5, 5.41) is 9.05. The van der Waals surface area contributed by atoms with Crippen LogP contribution in [0.4, 0.5) is 0 Å². The van der Waals surface area contributed by atoms with Gasteiger partial charge in [-0.15, -0.1) is 0 Å². The van der Waals surface area contributed by atoms with Crippen LogP contribution in [0, 0.1) is 25.2 Å². The van der Waals surface area contributed by atoms with E-state index in [2.05, 4.69) is 42.2 Å². The second kappa shape index (κ2) is 6.37. The van der Waals surface area contributed by atoms with Crippen molar-refractivity contribution in [1.29, 1.82) is 5.26 Å². The van der Waals surface area contributed by atoms with Gasteiger partial charge >= 0.3 is 0 Å². The highest BCUT2D eigenvalue weighted by molar-refractivity contribution is 5.58. The van der Waals surface area contributed by atoms with E-state index in [-0.39, 0.29) is 0 Å².